The van der Waals surface area contributed by atoms with E-state index in [-0.39, 0.29) is 5.71 Å². The number of carbonyl (C=O) groups excluding carboxylic acids is 1. The first-order chi connectivity index (χ1) is 11.9. The van der Waals surface area contributed by atoms with Crippen molar-refractivity contribution >= 4 is 20.0 Å². The first kappa shape index (κ1) is 22.1. The van der Waals surface area contributed by atoms with Gasteiger partial charge in [0.2, 0.25) is 14.1 Å². The van der Waals surface area contributed by atoms with Crippen LogP contribution in [-0.4, -0.2) is 20.0 Å². The second-order valence-electron chi connectivity index (χ2n) is 6.61. The SMILES string of the molecule is CCC(C)/C(=N\OCc1c(F)c(F)c(F)c(F)c1F)C(=O)O[Si](C)(C)C. The smallest absolute Gasteiger partial charge is 0.343 e. The highest BCUT2D eigenvalue weighted by Gasteiger charge is 2.28. The zero-order valence-corrected chi connectivity index (χ0v) is 16.1. The molecule has 0 aromatic heterocycles. The number of rotatable bonds is 7. The molecule has 0 N–H and O–H groups in total. The van der Waals surface area contributed by atoms with Gasteiger partial charge in [0.15, 0.2) is 29.0 Å². The molecule has 0 saturated heterocycles. The maximum absolute atomic E-state index is 13.6. The van der Waals surface area contributed by atoms with Crippen molar-refractivity contribution in [2.45, 2.75) is 46.5 Å². The Morgan fingerprint density at radius 2 is 1.46 bits per heavy atom. The summed E-state index contributed by atoms with van der Waals surface area (Å²) in [6.07, 6.45) is 0.492. The van der Waals surface area contributed by atoms with Gasteiger partial charge in [-0.3, -0.25) is 0 Å². The number of hydrogen-bond acceptors (Lipinski definition) is 4. The van der Waals surface area contributed by atoms with E-state index in [0.29, 0.717) is 6.42 Å². The van der Waals surface area contributed by atoms with Crippen LogP contribution >= 0.6 is 0 Å². The van der Waals surface area contributed by atoms with Gasteiger partial charge < -0.3 is 9.26 Å². The van der Waals surface area contributed by atoms with Gasteiger partial charge in [-0.05, 0) is 26.1 Å². The van der Waals surface area contributed by atoms with Crippen LogP contribution in [0.4, 0.5) is 22.0 Å². The van der Waals surface area contributed by atoms with Crippen LogP contribution in [0.3, 0.4) is 0 Å². The fourth-order valence-electron chi connectivity index (χ4n) is 1.80. The van der Waals surface area contributed by atoms with E-state index in [1.54, 1.807) is 33.5 Å². The molecule has 4 nitrogen and oxygen atoms in total. The minimum atomic E-state index is -2.26. The lowest BCUT2D eigenvalue weighted by molar-refractivity contribution is -0.128. The molecule has 146 valence electrons. The van der Waals surface area contributed by atoms with E-state index >= 15 is 0 Å². The third-order valence-corrected chi connectivity index (χ3v) is 4.16. The average Bonchev–Trinajstić information content (AvgIpc) is 2.55. The van der Waals surface area contributed by atoms with Crippen molar-refractivity contribution < 1.29 is 36.0 Å². The van der Waals surface area contributed by atoms with Gasteiger partial charge in [0.1, 0.15) is 6.61 Å². The molecular formula is C16H20F5NO3Si. The molecule has 0 aliphatic heterocycles. The third-order valence-electron chi connectivity index (χ3n) is 3.36. The minimum absolute atomic E-state index is 0.126. The molecule has 0 fully saturated rings. The molecule has 1 aromatic rings. The highest BCUT2D eigenvalue weighted by Crippen LogP contribution is 2.23. The molecule has 0 amide bonds. The van der Waals surface area contributed by atoms with Crippen molar-refractivity contribution in [3.05, 3.63) is 34.6 Å². The van der Waals surface area contributed by atoms with Crippen LogP contribution in [-0.2, 0) is 20.7 Å². The number of halogens is 5. The van der Waals surface area contributed by atoms with Gasteiger partial charge in [0.05, 0.1) is 5.56 Å². The molecule has 0 radical (unpaired) electrons. The summed E-state index contributed by atoms with van der Waals surface area (Å²) in [6, 6.07) is 0. The van der Waals surface area contributed by atoms with Crippen LogP contribution < -0.4 is 0 Å². The quantitative estimate of drug-likeness (QED) is 0.168. The Bertz CT molecular complexity index is 690. The molecule has 26 heavy (non-hydrogen) atoms. The van der Waals surface area contributed by atoms with Crippen molar-refractivity contribution in [3.63, 3.8) is 0 Å². The molecule has 0 bridgehead atoms. The van der Waals surface area contributed by atoms with E-state index in [4.69, 9.17) is 9.26 Å². The molecule has 1 rings (SSSR count). The average molecular weight is 397 g/mol. The van der Waals surface area contributed by atoms with E-state index in [1.807, 2.05) is 0 Å². The predicted molar refractivity (Wildman–Crippen MR) is 87.3 cm³/mol. The van der Waals surface area contributed by atoms with Crippen LogP contribution in [0.1, 0.15) is 25.8 Å². The predicted octanol–water partition coefficient (Wildman–Crippen LogP) is 4.68. The van der Waals surface area contributed by atoms with Crippen LogP contribution in [0.25, 0.3) is 0 Å². The van der Waals surface area contributed by atoms with Gasteiger partial charge in [-0.1, -0.05) is 19.0 Å². The lowest BCUT2D eigenvalue weighted by Gasteiger charge is -2.20. The summed E-state index contributed by atoms with van der Waals surface area (Å²) in [5.74, 6) is -11.6. The van der Waals surface area contributed by atoms with E-state index in [0.717, 1.165) is 0 Å². The second kappa shape index (κ2) is 8.61. The summed E-state index contributed by atoms with van der Waals surface area (Å²) in [7, 11) is -2.23. The van der Waals surface area contributed by atoms with E-state index in [2.05, 4.69) is 5.16 Å². The highest BCUT2D eigenvalue weighted by molar-refractivity contribution is 6.72. The fraction of sp³-hybridized carbons (Fsp3) is 0.500. The fourth-order valence-corrected chi connectivity index (χ4v) is 2.46. The molecule has 0 heterocycles. The number of benzene rings is 1. The number of hydrogen-bond donors (Lipinski definition) is 0. The lowest BCUT2D eigenvalue weighted by atomic mass is 10.0. The Morgan fingerprint density at radius 1 is 1.00 bits per heavy atom. The van der Waals surface area contributed by atoms with Crippen LogP contribution in [0, 0.1) is 35.0 Å². The molecule has 1 unspecified atom stereocenters. The van der Waals surface area contributed by atoms with Crippen molar-refractivity contribution in [1.82, 2.24) is 0 Å². The summed E-state index contributed by atoms with van der Waals surface area (Å²) >= 11 is 0. The first-order valence-corrected chi connectivity index (χ1v) is 11.2. The maximum atomic E-state index is 13.6. The molecule has 0 aliphatic carbocycles. The summed E-state index contributed by atoms with van der Waals surface area (Å²) < 4.78 is 71.8. The van der Waals surface area contributed by atoms with Crippen molar-refractivity contribution in [1.29, 1.82) is 0 Å². The van der Waals surface area contributed by atoms with E-state index in [9.17, 15) is 26.7 Å². The van der Waals surface area contributed by atoms with Gasteiger partial charge >= 0.3 is 5.97 Å². The number of nitrogens with zero attached hydrogens (tertiary/aromatic N) is 1. The first-order valence-electron chi connectivity index (χ1n) is 7.84. The molecule has 10 heteroatoms. The maximum Gasteiger partial charge on any atom is 0.343 e. The summed E-state index contributed by atoms with van der Waals surface area (Å²) in [5, 5.41) is 3.53. The van der Waals surface area contributed by atoms with Crippen LogP contribution in [0.15, 0.2) is 5.16 Å². The van der Waals surface area contributed by atoms with Gasteiger partial charge in [-0.15, -0.1) is 0 Å². The molecule has 1 atom stereocenters. The van der Waals surface area contributed by atoms with Crippen molar-refractivity contribution in [2.24, 2.45) is 11.1 Å². The van der Waals surface area contributed by atoms with Crippen LogP contribution in [0.5, 0.6) is 0 Å². The monoisotopic (exact) mass is 397 g/mol. The van der Waals surface area contributed by atoms with E-state index in [1.165, 1.54) is 0 Å². The van der Waals surface area contributed by atoms with Gasteiger partial charge in [0.25, 0.3) is 0 Å². The molecule has 0 aliphatic rings. The third kappa shape index (κ3) is 5.26. The molecular weight excluding hydrogens is 377 g/mol. The summed E-state index contributed by atoms with van der Waals surface area (Å²) in [4.78, 5) is 16.9. The zero-order valence-electron chi connectivity index (χ0n) is 15.1. The summed E-state index contributed by atoms with van der Waals surface area (Å²) in [5.41, 5.74) is -1.30. The number of oxime groups is 1. The van der Waals surface area contributed by atoms with Crippen molar-refractivity contribution in [3.8, 4) is 0 Å². The second-order valence-corrected chi connectivity index (χ2v) is 11.0. The van der Waals surface area contributed by atoms with Crippen LogP contribution in [0.2, 0.25) is 19.6 Å². The molecule has 1 aromatic carbocycles. The van der Waals surface area contributed by atoms with Crippen molar-refractivity contribution in [2.75, 3.05) is 0 Å². The van der Waals surface area contributed by atoms with E-state index < -0.39 is 61.5 Å². The normalized spacial score (nSPS) is 13.5. The summed E-state index contributed by atoms with van der Waals surface area (Å²) in [6.45, 7) is 7.71. The number of carbonyl (C=O) groups is 1. The topological polar surface area (TPSA) is 47.9 Å². The molecule has 0 spiro atoms. The Kier molecular flexibility index (Phi) is 7.31. The minimum Gasteiger partial charge on any atom is -0.515 e. The Balaban J connectivity index is 3.08. The van der Waals surface area contributed by atoms with Gasteiger partial charge in [-0.2, -0.15) is 0 Å². The Morgan fingerprint density at radius 3 is 1.88 bits per heavy atom. The Labute approximate surface area is 149 Å². The zero-order chi connectivity index (χ0) is 20.2. The lowest BCUT2D eigenvalue weighted by Crippen LogP contribution is -2.35. The largest absolute Gasteiger partial charge is 0.515 e. The standard InChI is InChI=1S/C16H20F5NO3Si/c1-6-8(2)15(16(23)25-26(3,4)5)22-24-7-9-10(17)12(19)14(21)13(20)11(9)18/h8H,6-7H2,1-5H3/b22-15+. The van der Waals surface area contributed by atoms with Gasteiger partial charge in [-0.25, -0.2) is 26.7 Å². The van der Waals surface area contributed by atoms with Gasteiger partial charge in [0, 0.05) is 5.92 Å². The Hall–Kier alpha value is -1.97. The molecule has 0 saturated carbocycles. The highest BCUT2D eigenvalue weighted by atomic mass is 28.4.